The zero-order chi connectivity index (χ0) is 16.3. The Morgan fingerprint density at radius 3 is 2.73 bits per heavy atom. The number of carbonyl (C=O) groups is 1. The van der Waals surface area contributed by atoms with Gasteiger partial charge in [-0.05, 0) is 13.0 Å². The highest BCUT2D eigenvalue weighted by atomic mass is 19.4. The van der Waals surface area contributed by atoms with Crippen LogP contribution in [0.25, 0.3) is 11.4 Å². The van der Waals surface area contributed by atoms with Gasteiger partial charge in [0.2, 0.25) is 5.82 Å². The van der Waals surface area contributed by atoms with Crippen molar-refractivity contribution in [2.75, 3.05) is 13.6 Å². The molecule has 7 nitrogen and oxygen atoms in total. The molecule has 0 atom stereocenters. The van der Waals surface area contributed by atoms with Crippen LogP contribution in [0.15, 0.2) is 23.0 Å². The van der Waals surface area contributed by atoms with E-state index in [0.717, 1.165) is 0 Å². The van der Waals surface area contributed by atoms with Crippen molar-refractivity contribution in [1.29, 1.82) is 0 Å². The monoisotopic (exact) mass is 316 g/mol. The molecule has 0 aliphatic rings. The van der Waals surface area contributed by atoms with Crippen molar-refractivity contribution in [3.8, 4) is 17.1 Å². The molecule has 0 saturated heterocycles. The Morgan fingerprint density at radius 2 is 2.14 bits per heavy atom. The van der Waals surface area contributed by atoms with Crippen LogP contribution in [0.3, 0.4) is 0 Å². The highest BCUT2D eigenvalue weighted by Gasteiger charge is 2.38. The molecule has 0 aliphatic carbocycles. The number of nitrogens with zero attached hydrogens (tertiary/aromatic N) is 4. The third-order valence-corrected chi connectivity index (χ3v) is 2.63. The van der Waals surface area contributed by atoms with E-state index < -0.39 is 18.2 Å². The summed E-state index contributed by atoms with van der Waals surface area (Å²) in [5, 5.41) is 3.23. The van der Waals surface area contributed by atoms with Crippen molar-refractivity contribution in [3.63, 3.8) is 0 Å². The predicted molar refractivity (Wildman–Crippen MR) is 66.9 cm³/mol. The maximum absolute atomic E-state index is 12.4. The third-order valence-electron chi connectivity index (χ3n) is 2.63. The van der Waals surface area contributed by atoms with E-state index in [4.69, 9.17) is 4.74 Å². The normalized spacial score (nSPS) is 11.3. The van der Waals surface area contributed by atoms with Crippen LogP contribution in [0.1, 0.15) is 12.8 Å². The van der Waals surface area contributed by atoms with Crippen LogP contribution in [0.4, 0.5) is 18.0 Å². The number of rotatable bonds is 3. The van der Waals surface area contributed by atoms with Crippen LogP contribution in [0.5, 0.6) is 5.75 Å². The molecule has 0 spiro atoms. The first-order valence-electron chi connectivity index (χ1n) is 6.10. The van der Waals surface area contributed by atoms with Gasteiger partial charge < -0.3 is 14.2 Å². The molecule has 118 valence electrons. The highest BCUT2D eigenvalue weighted by molar-refractivity contribution is 5.70. The Kier molecular flexibility index (Phi) is 4.29. The number of pyridine rings is 1. The maximum atomic E-state index is 12.4. The van der Waals surface area contributed by atoms with Gasteiger partial charge in [0.1, 0.15) is 0 Å². The van der Waals surface area contributed by atoms with E-state index in [2.05, 4.69) is 19.6 Å². The average Bonchev–Trinajstić information content (AvgIpc) is 2.96. The molecule has 2 rings (SSSR count). The molecule has 2 aromatic rings. The second-order valence-electron chi connectivity index (χ2n) is 4.21. The molecule has 0 N–H and O–H groups in total. The Balaban J connectivity index is 2.21. The summed E-state index contributed by atoms with van der Waals surface area (Å²) in [6, 6.07) is 1.29. The molecular formula is C12H11F3N4O3. The Morgan fingerprint density at radius 1 is 1.41 bits per heavy atom. The summed E-state index contributed by atoms with van der Waals surface area (Å²) >= 11 is 0. The van der Waals surface area contributed by atoms with Gasteiger partial charge in [0.15, 0.2) is 5.75 Å². The number of carbonyl (C=O) groups excluding carboxylic acids is 1. The van der Waals surface area contributed by atoms with Gasteiger partial charge in [0, 0.05) is 25.4 Å². The number of hydrogen-bond acceptors (Lipinski definition) is 6. The van der Waals surface area contributed by atoms with E-state index in [-0.39, 0.29) is 17.1 Å². The zero-order valence-electron chi connectivity index (χ0n) is 11.6. The van der Waals surface area contributed by atoms with Gasteiger partial charge in [-0.25, -0.2) is 4.79 Å². The molecule has 0 bridgehead atoms. The SMILES string of the molecule is CCN(C)C(=O)Oc1cncc(-c2noc(C(F)(F)F)n2)c1. The van der Waals surface area contributed by atoms with E-state index in [1.165, 1.54) is 30.4 Å². The Hall–Kier alpha value is -2.65. The molecule has 0 aromatic carbocycles. The number of amides is 1. The lowest BCUT2D eigenvalue weighted by Crippen LogP contribution is -2.29. The summed E-state index contributed by atoms with van der Waals surface area (Å²) in [6.07, 6.45) is -2.88. The van der Waals surface area contributed by atoms with Gasteiger partial charge in [-0.15, -0.1) is 0 Å². The fraction of sp³-hybridized carbons (Fsp3) is 0.333. The summed E-state index contributed by atoms with van der Waals surface area (Å²) in [6.45, 7) is 2.19. The minimum Gasteiger partial charge on any atom is -0.409 e. The Bertz CT molecular complexity index is 672. The topological polar surface area (TPSA) is 81.4 Å². The predicted octanol–water partition coefficient (Wildman–Crippen LogP) is 2.60. The minimum atomic E-state index is -4.73. The molecule has 0 radical (unpaired) electrons. The first kappa shape index (κ1) is 15.7. The van der Waals surface area contributed by atoms with Crippen molar-refractivity contribution >= 4 is 6.09 Å². The molecule has 0 aliphatic heterocycles. The van der Waals surface area contributed by atoms with Crippen molar-refractivity contribution < 1.29 is 27.2 Å². The lowest BCUT2D eigenvalue weighted by molar-refractivity contribution is -0.159. The van der Waals surface area contributed by atoms with Gasteiger partial charge in [0.25, 0.3) is 0 Å². The van der Waals surface area contributed by atoms with E-state index in [1.807, 2.05) is 0 Å². The van der Waals surface area contributed by atoms with Crippen LogP contribution in [-0.2, 0) is 6.18 Å². The fourth-order valence-electron chi connectivity index (χ4n) is 1.36. The smallest absolute Gasteiger partial charge is 0.409 e. The van der Waals surface area contributed by atoms with E-state index in [9.17, 15) is 18.0 Å². The van der Waals surface area contributed by atoms with Crippen LogP contribution in [-0.4, -0.2) is 39.7 Å². The lowest BCUT2D eigenvalue weighted by atomic mass is 10.2. The molecule has 2 heterocycles. The van der Waals surface area contributed by atoms with Crippen molar-refractivity contribution in [2.45, 2.75) is 13.1 Å². The molecule has 1 amide bonds. The third kappa shape index (κ3) is 3.51. The van der Waals surface area contributed by atoms with E-state index >= 15 is 0 Å². The van der Waals surface area contributed by atoms with Crippen molar-refractivity contribution in [1.82, 2.24) is 20.0 Å². The Labute approximate surface area is 122 Å². The van der Waals surface area contributed by atoms with E-state index in [0.29, 0.717) is 6.54 Å². The second-order valence-corrected chi connectivity index (χ2v) is 4.21. The number of ether oxygens (including phenoxy) is 1. The van der Waals surface area contributed by atoms with E-state index in [1.54, 1.807) is 6.92 Å². The van der Waals surface area contributed by atoms with Gasteiger partial charge >= 0.3 is 18.2 Å². The minimum absolute atomic E-state index is 0.0566. The molecule has 2 aromatic heterocycles. The summed E-state index contributed by atoms with van der Waals surface area (Å²) < 4.78 is 46.4. The van der Waals surface area contributed by atoms with Gasteiger partial charge in [-0.2, -0.15) is 18.2 Å². The standard InChI is InChI=1S/C12H11F3N4O3/c1-3-19(2)11(20)21-8-4-7(5-16-6-8)9-17-10(22-18-9)12(13,14)15/h4-6H,3H2,1-2H3. The number of aromatic nitrogens is 3. The zero-order valence-corrected chi connectivity index (χ0v) is 11.6. The second kappa shape index (κ2) is 6.00. The average molecular weight is 316 g/mol. The summed E-state index contributed by atoms with van der Waals surface area (Å²) in [4.78, 5) is 19.9. The number of alkyl halides is 3. The molecule has 22 heavy (non-hydrogen) atoms. The molecule has 0 saturated carbocycles. The van der Waals surface area contributed by atoms with Gasteiger partial charge in [-0.1, -0.05) is 5.16 Å². The van der Waals surface area contributed by atoms with Crippen LogP contribution in [0, 0.1) is 0 Å². The number of hydrogen-bond donors (Lipinski definition) is 0. The fourth-order valence-corrected chi connectivity index (χ4v) is 1.36. The molecule has 10 heteroatoms. The van der Waals surface area contributed by atoms with Crippen LogP contribution < -0.4 is 4.74 Å². The molecular weight excluding hydrogens is 305 g/mol. The van der Waals surface area contributed by atoms with Gasteiger partial charge in [0.05, 0.1) is 6.20 Å². The lowest BCUT2D eigenvalue weighted by Gasteiger charge is -2.13. The van der Waals surface area contributed by atoms with Crippen LogP contribution in [0.2, 0.25) is 0 Å². The summed E-state index contributed by atoms with van der Waals surface area (Å²) in [5.41, 5.74) is 0.128. The number of halogens is 3. The first-order chi connectivity index (χ1) is 10.3. The highest BCUT2D eigenvalue weighted by Crippen LogP contribution is 2.29. The van der Waals surface area contributed by atoms with Gasteiger partial charge in [-0.3, -0.25) is 4.98 Å². The summed E-state index contributed by atoms with van der Waals surface area (Å²) in [5.74, 6) is -1.71. The quantitative estimate of drug-likeness (QED) is 0.865. The summed E-state index contributed by atoms with van der Waals surface area (Å²) in [7, 11) is 1.54. The maximum Gasteiger partial charge on any atom is 0.471 e. The largest absolute Gasteiger partial charge is 0.471 e. The van der Waals surface area contributed by atoms with Crippen LogP contribution >= 0.6 is 0 Å². The van der Waals surface area contributed by atoms with Crippen molar-refractivity contribution in [2.24, 2.45) is 0 Å². The molecule has 0 unspecified atom stereocenters. The molecule has 0 fully saturated rings. The first-order valence-corrected chi connectivity index (χ1v) is 6.10. The van der Waals surface area contributed by atoms with Crippen molar-refractivity contribution in [3.05, 3.63) is 24.4 Å².